The molecule has 0 radical (unpaired) electrons. The van der Waals surface area contributed by atoms with E-state index in [1.165, 1.54) is 0 Å². The van der Waals surface area contributed by atoms with Gasteiger partial charge in [-0.2, -0.15) is 0 Å². The summed E-state index contributed by atoms with van der Waals surface area (Å²) < 4.78 is 5.59. The van der Waals surface area contributed by atoms with E-state index in [2.05, 4.69) is 29.6 Å². The topological polar surface area (TPSA) is 95.9 Å². The first-order chi connectivity index (χ1) is 16.0. The molecule has 2 amide bonds. The number of carboxylic acids is 1. The number of nitrogens with one attached hydrogen (secondary N) is 1. The van der Waals surface area contributed by atoms with Crippen LogP contribution in [0.3, 0.4) is 0 Å². The van der Waals surface area contributed by atoms with Crippen LogP contribution in [0.5, 0.6) is 0 Å². The number of nitrogens with zero attached hydrogens (tertiary/aromatic N) is 1. The molecule has 2 atom stereocenters. The number of rotatable bonds is 8. The second-order valence-electron chi connectivity index (χ2n) is 8.69. The monoisotopic (exact) mass is 450 g/mol. The van der Waals surface area contributed by atoms with Crippen molar-refractivity contribution in [2.45, 2.75) is 57.0 Å². The molecule has 1 aliphatic carbocycles. The summed E-state index contributed by atoms with van der Waals surface area (Å²) in [5.41, 5.74) is 4.58. The maximum absolute atomic E-state index is 13.1. The summed E-state index contributed by atoms with van der Waals surface area (Å²) in [5.74, 6) is -1.07. The minimum absolute atomic E-state index is 0.0328. The molecule has 2 aliphatic rings. The summed E-state index contributed by atoms with van der Waals surface area (Å²) in [6.07, 6.45) is 1.93. The Balaban J connectivity index is 1.37. The van der Waals surface area contributed by atoms with Crippen LogP contribution in [0.25, 0.3) is 11.1 Å². The van der Waals surface area contributed by atoms with Gasteiger partial charge in [0.15, 0.2) is 0 Å². The first-order valence-electron chi connectivity index (χ1n) is 11.6. The first kappa shape index (κ1) is 22.8. The van der Waals surface area contributed by atoms with E-state index in [-0.39, 0.29) is 30.9 Å². The normalized spacial score (nSPS) is 17.8. The lowest BCUT2D eigenvalue weighted by atomic mass is 9.98. The van der Waals surface area contributed by atoms with Gasteiger partial charge in [-0.3, -0.25) is 9.59 Å². The number of ether oxygens (including phenoxy) is 1. The van der Waals surface area contributed by atoms with Gasteiger partial charge in [-0.25, -0.2) is 4.79 Å². The second-order valence-corrected chi connectivity index (χ2v) is 8.69. The average Bonchev–Trinajstić information content (AvgIpc) is 3.42. The van der Waals surface area contributed by atoms with Gasteiger partial charge in [-0.15, -0.1) is 0 Å². The fourth-order valence-corrected chi connectivity index (χ4v) is 5.04. The molecule has 1 heterocycles. The van der Waals surface area contributed by atoms with Gasteiger partial charge in [-0.05, 0) is 47.9 Å². The Morgan fingerprint density at radius 2 is 1.73 bits per heavy atom. The standard InChI is InChI=1S/C26H30N2O5/c1-2-23(25(31)28-15-7-8-17(28)13-14-24(29)30)27-26(32)33-16-22-20-11-5-3-9-18(20)19-10-4-6-12-21(19)22/h3-6,9-12,17,22-23H,2,7-8,13-16H2,1H3,(H,27,32)(H,29,30)/t17?,23-/m0/s1. The van der Waals surface area contributed by atoms with E-state index >= 15 is 0 Å². The van der Waals surface area contributed by atoms with Crippen molar-refractivity contribution < 1.29 is 24.2 Å². The van der Waals surface area contributed by atoms with Crippen LogP contribution in [-0.4, -0.2) is 53.2 Å². The lowest BCUT2D eigenvalue weighted by molar-refractivity contribution is -0.139. The number of aliphatic carboxylic acids is 1. The fraction of sp³-hybridized carbons (Fsp3) is 0.423. The summed E-state index contributed by atoms with van der Waals surface area (Å²) in [7, 11) is 0. The SMILES string of the molecule is CC[C@H](NC(=O)OCC1c2ccccc2-c2ccccc21)C(=O)N1CCCC1CCC(=O)O. The molecule has 7 nitrogen and oxygen atoms in total. The molecule has 0 bridgehead atoms. The zero-order chi connectivity index (χ0) is 23.4. The number of fused-ring (bicyclic) bond motifs is 3. The zero-order valence-electron chi connectivity index (χ0n) is 18.8. The van der Waals surface area contributed by atoms with E-state index in [1.54, 1.807) is 4.90 Å². The van der Waals surface area contributed by atoms with E-state index in [0.717, 1.165) is 35.1 Å². The second kappa shape index (κ2) is 10.1. The number of benzene rings is 2. The largest absolute Gasteiger partial charge is 0.481 e. The van der Waals surface area contributed by atoms with Crippen LogP contribution in [0.15, 0.2) is 48.5 Å². The lowest BCUT2D eigenvalue weighted by Crippen LogP contribution is -2.50. The number of alkyl carbamates (subject to hydrolysis) is 1. The molecule has 1 unspecified atom stereocenters. The predicted octanol–water partition coefficient (Wildman–Crippen LogP) is 4.16. The Morgan fingerprint density at radius 3 is 2.33 bits per heavy atom. The predicted molar refractivity (Wildman–Crippen MR) is 124 cm³/mol. The summed E-state index contributed by atoms with van der Waals surface area (Å²) in [4.78, 5) is 38.3. The Bertz CT molecular complexity index is 991. The molecule has 1 aliphatic heterocycles. The lowest BCUT2D eigenvalue weighted by Gasteiger charge is -2.28. The van der Waals surface area contributed by atoms with Crippen LogP contribution in [0.1, 0.15) is 56.1 Å². The maximum atomic E-state index is 13.1. The highest BCUT2D eigenvalue weighted by Gasteiger charge is 2.34. The van der Waals surface area contributed by atoms with Crippen molar-refractivity contribution in [3.63, 3.8) is 0 Å². The quantitative estimate of drug-likeness (QED) is 0.630. The van der Waals surface area contributed by atoms with Gasteiger partial charge in [0, 0.05) is 24.9 Å². The van der Waals surface area contributed by atoms with Crippen molar-refractivity contribution in [2.75, 3.05) is 13.2 Å². The number of carbonyl (C=O) groups excluding carboxylic acids is 2. The molecule has 2 N–H and O–H groups in total. The fourth-order valence-electron chi connectivity index (χ4n) is 5.04. The van der Waals surface area contributed by atoms with Gasteiger partial charge in [-0.1, -0.05) is 55.5 Å². The van der Waals surface area contributed by atoms with Gasteiger partial charge in [0.1, 0.15) is 12.6 Å². The highest BCUT2D eigenvalue weighted by molar-refractivity contribution is 5.86. The Hall–Kier alpha value is -3.35. The van der Waals surface area contributed by atoms with E-state index < -0.39 is 18.1 Å². The molecule has 2 aromatic carbocycles. The van der Waals surface area contributed by atoms with Crippen molar-refractivity contribution in [1.82, 2.24) is 10.2 Å². The Morgan fingerprint density at radius 1 is 1.09 bits per heavy atom. The Labute approximate surface area is 193 Å². The molecule has 33 heavy (non-hydrogen) atoms. The third kappa shape index (κ3) is 4.87. The molecular formula is C26H30N2O5. The summed E-state index contributed by atoms with van der Waals surface area (Å²) >= 11 is 0. The van der Waals surface area contributed by atoms with Crippen molar-refractivity contribution in [3.8, 4) is 11.1 Å². The van der Waals surface area contributed by atoms with Crippen molar-refractivity contribution in [2.24, 2.45) is 0 Å². The van der Waals surface area contributed by atoms with Crippen molar-refractivity contribution >= 4 is 18.0 Å². The molecule has 7 heteroatoms. The van der Waals surface area contributed by atoms with Crippen molar-refractivity contribution in [1.29, 1.82) is 0 Å². The minimum Gasteiger partial charge on any atom is -0.481 e. The van der Waals surface area contributed by atoms with E-state index in [9.17, 15) is 14.4 Å². The summed E-state index contributed by atoms with van der Waals surface area (Å²) in [6.45, 7) is 2.62. The molecule has 2 aromatic rings. The van der Waals surface area contributed by atoms with Crippen LogP contribution >= 0.6 is 0 Å². The molecule has 0 aromatic heterocycles. The van der Waals surface area contributed by atoms with Crippen molar-refractivity contribution in [3.05, 3.63) is 59.7 Å². The number of carboxylic acid groups (broad SMARTS) is 1. The van der Waals surface area contributed by atoms with Gasteiger partial charge in [0.25, 0.3) is 0 Å². The van der Waals surface area contributed by atoms with Gasteiger partial charge in [0.05, 0.1) is 0 Å². The van der Waals surface area contributed by atoms with Crippen LogP contribution in [0, 0.1) is 0 Å². The molecule has 4 rings (SSSR count). The number of hydrogen-bond donors (Lipinski definition) is 2. The molecule has 1 fully saturated rings. The number of amides is 2. The minimum atomic E-state index is -0.863. The number of hydrogen-bond acceptors (Lipinski definition) is 4. The van der Waals surface area contributed by atoms with Crippen LogP contribution in [-0.2, 0) is 14.3 Å². The maximum Gasteiger partial charge on any atom is 0.407 e. The summed E-state index contributed by atoms with van der Waals surface area (Å²) in [5, 5.41) is 11.7. The molecule has 0 saturated carbocycles. The van der Waals surface area contributed by atoms with Gasteiger partial charge >= 0.3 is 12.1 Å². The van der Waals surface area contributed by atoms with Crippen LogP contribution < -0.4 is 5.32 Å². The smallest absolute Gasteiger partial charge is 0.407 e. The van der Waals surface area contributed by atoms with E-state index in [1.807, 2.05) is 31.2 Å². The third-order valence-electron chi connectivity index (χ3n) is 6.69. The van der Waals surface area contributed by atoms with Crippen LogP contribution in [0.4, 0.5) is 4.79 Å². The highest BCUT2D eigenvalue weighted by atomic mass is 16.5. The first-order valence-corrected chi connectivity index (χ1v) is 11.6. The van der Waals surface area contributed by atoms with E-state index in [0.29, 0.717) is 19.4 Å². The highest BCUT2D eigenvalue weighted by Crippen LogP contribution is 2.44. The number of carbonyl (C=O) groups is 3. The molecule has 0 spiro atoms. The van der Waals surface area contributed by atoms with E-state index in [4.69, 9.17) is 9.84 Å². The van der Waals surface area contributed by atoms with Crippen LogP contribution in [0.2, 0.25) is 0 Å². The molecular weight excluding hydrogens is 420 g/mol. The average molecular weight is 451 g/mol. The van der Waals surface area contributed by atoms with Gasteiger partial charge in [0.2, 0.25) is 5.91 Å². The zero-order valence-corrected chi connectivity index (χ0v) is 18.8. The molecule has 1 saturated heterocycles. The number of likely N-dealkylation sites (tertiary alicyclic amines) is 1. The third-order valence-corrected chi connectivity index (χ3v) is 6.69. The Kier molecular flexibility index (Phi) is 6.96. The van der Waals surface area contributed by atoms with Gasteiger partial charge < -0.3 is 20.1 Å². The summed E-state index contributed by atoms with van der Waals surface area (Å²) in [6, 6.07) is 15.5. The molecule has 174 valence electrons.